The first-order chi connectivity index (χ1) is 10.7. The molecule has 0 radical (unpaired) electrons. The predicted molar refractivity (Wildman–Crippen MR) is 88.9 cm³/mol. The van der Waals surface area contributed by atoms with Crippen molar-refractivity contribution in [2.45, 2.75) is 19.8 Å². The van der Waals surface area contributed by atoms with Crippen LogP contribution in [-0.4, -0.2) is 30.2 Å². The number of rotatable bonds is 4. The molecule has 0 amide bonds. The van der Waals surface area contributed by atoms with Crippen LogP contribution >= 0.6 is 0 Å². The fraction of sp³-hybridized carbons (Fsp3) is 0.412. The minimum atomic E-state index is 0.803. The molecule has 3 rings (SSSR count). The van der Waals surface area contributed by atoms with Crippen molar-refractivity contribution in [2.75, 3.05) is 30.4 Å². The van der Waals surface area contributed by atoms with Crippen molar-refractivity contribution < 1.29 is 4.74 Å². The zero-order valence-electron chi connectivity index (χ0n) is 13.1. The summed E-state index contributed by atoms with van der Waals surface area (Å²) >= 11 is 0. The molecule has 0 spiro atoms. The van der Waals surface area contributed by atoms with E-state index >= 15 is 0 Å². The average molecular weight is 298 g/mol. The van der Waals surface area contributed by atoms with Gasteiger partial charge in [-0.1, -0.05) is 13.0 Å². The van der Waals surface area contributed by atoms with Gasteiger partial charge >= 0.3 is 0 Å². The molecular formula is C17H22N4O. The van der Waals surface area contributed by atoms with Crippen LogP contribution in [0.2, 0.25) is 0 Å². The predicted octanol–water partition coefficient (Wildman–Crippen LogP) is 3.47. The molecule has 2 heterocycles. The highest BCUT2D eigenvalue weighted by Gasteiger charge is 2.17. The highest BCUT2D eigenvalue weighted by Crippen LogP contribution is 2.24. The lowest BCUT2D eigenvalue weighted by atomic mass is 9.99. The smallest absolute Gasteiger partial charge is 0.135 e. The maximum Gasteiger partial charge on any atom is 0.135 e. The fourth-order valence-electron chi connectivity index (χ4n) is 2.67. The molecule has 0 saturated carbocycles. The number of nitrogens with zero attached hydrogens (tertiary/aromatic N) is 3. The van der Waals surface area contributed by atoms with E-state index in [0.717, 1.165) is 42.1 Å². The Morgan fingerprint density at radius 1 is 1.18 bits per heavy atom. The average Bonchev–Trinajstić information content (AvgIpc) is 2.56. The summed E-state index contributed by atoms with van der Waals surface area (Å²) in [6.45, 7) is 4.45. The number of methoxy groups -OCH3 is 1. The molecule has 0 aliphatic carbocycles. The van der Waals surface area contributed by atoms with Gasteiger partial charge in [0.15, 0.2) is 0 Å². The Bertz CT molecular complexity index is 624. The Balaban J connectivity index is 1.73. The van der Waals surface area contributed by atoms with Crippen LogP contribution in [0.4, 0.5) is 17.3 Å². The zero-order chi connectivity index (χ0) is 15.4. The molecule has 5 nitrogen and oxygen atoms in total. The summed E-state index contributed by atoms with van der Waals surface area (Å²) in [4.78, 5) is 11.1. The largest absolute Gasteiger partial charge is 0.497 e. The first-order valence-electron chi connectivity index (χ1n) is 7.72. The van der Waals surface area contributed by atoms with E-state index in [-0.39, 0.29) is 0 Å². The van der Waals surface area contributed by atoms with Crippen LogP contribution in [0.15, 0.2) is 36.7 Å². The summed E-state index contributed by atoms with van der Waals surface area (Å²) in [6.07, 6.45) is 4.07. The minimum Gasteiger partial charge on any atom is -0.497 e. The van der Waals surface area contributed by atoms with Crippen LogP contribution < -0.4 is 15.0 Å². The highest BCUT2D eigenvalue weighted by atomic mass is 16.5. The number of benzene rings is 1. The van der Waals surface area contributed by atoms with Gasteiger partial charge in [0, 0.05) is 30.9 Å². The molecular weight excluding hydrogens is 276 g/mol. The summed E-state index contributed by atoms with van der Waals surface area (Å²) < 4.78 is 5.24. The topological polar surface area (TPSA) is 50.3 Å². The monoisotopic (exact) mass is 298 g/mol. The van der Waals surface area contributed by atoms with Crippen molar-refractivity contribution in [1.82, 2.24) is 9.97 Å². The SMILES string of the molecule is COc1cccc(Nc2cc(N3CCC(C)CC3)ncn2)c1. The van der Waals surface area contributed by atoms with Crippen molar-refractivity contribution in [3.63, 3.8) is 0 Å². The lowest BCUT2D eigenvalue weighted by Gasteiger charge is -2.31. The Morgan fingerprint density at radius 2 is 2.00 bits per heavy atom. The van der Waals surface area contributed by atoms with Gasteiger partial charge in [0.2, 0.25) is 0 Å². The zero-order valence-corrected chi connectivity index (χ0v) is 13.1. The summed E-state index contributed by atoms with van der Waals surface area (Å²) in [5.74, 6) is 3.43. The number of hydrogen-bond donors (Lipinski definition) is 1. The van der Waals surface area contributed by atoms with Crippen molar-refractivity contribution in [1.29, 1.82) is 0 Å². The van der Waals surface area contributed by atoms with Crippen molar-refractivity contribution in [3.05, 3.63) is 36.7 Å². The van der Waals surface area contributed by atoms with Gasteiger partial charge in [-0.05, 0) is 30.9 Å². The molecule has 0 atom stereocenters. The molecule has 116 valence electrons. The second-order valence-corrected chi connectivity index (χ2v) is 5.79. The third-order valence-corrected chi connectivity index (χ3v) is 4.10. The molecule has 22 heavy (non-hydrogen) atoms. The van der Waals surface area contributed by atoms with Crippen LogP contribution in [0, 0.1) is 5.92 Å². The van der Waals surface area contributed by atoms with Crippen LogP contribution in [-0.2, 0) is 0 Å². The molecule has 5 heteroatoms. The Labute approximate surface area is 131 Å². The molecule has 1 aliphatic rings. The first-order valence-corrected chi connectivity index (χ1v) is 7.72. The summed E-state index contributed by atoms with van der Waals surface area (Å²) in [6, 6.07) is 9.83. The molecule has 1 aromatic carbocycles. The van der Waals surface area contributed by atoms with E-state index in [1.165, 1.54) is 12.8 Å². The van der Waals surface area contributed by atoms with Gasteiger partial charge in [-0.2, -0.15) is 0 Å². The van der Waals surface area contributed by atoms with Gasteiger partial charge in [-0.15, -0.1) is 0 Å². The van der Waals surface area contributed by atoms with E-state index in [0.29, 0.717) is 0 Å². The maximum atomic E-state index is 5.24. The Kier molecular flexibility index (Phi) is 4.42. The number of anilines is 3. The van der Waals surface area contributed by atoms with E-state index in [1.807, 2.05) is 30.3 Å². The van der Waals surface area contributed by atoms with Crippen LogP contribution in [0.3, 0.4) is 0 Å². The van der Waals surface area contributed by atoms with Crippen molar-refractivity contribution in [3.8, 4) is 5.75 Å². The molecule has 1 N–H and O–H groups in total. The summed E-state index contributed by atoms with van der Waals surface area (Å²) in [5, 5.41) is 3.31. The maximum absolute atomic E-state index is 5.24. The molecule has 1 aliphatic heterocycles. The highest BCUT2D eigenvalue weighted by molar-refractivity contribution is 5.60. The molecule has 0 unspecified atom stereocenters. The lowest BCUT2D eigenvalue weighted by Crippen LogP contribution is -2.33. The second-order valence-electron chi connectivity index (χ2n) is 5.79. The van der Waals surface area contributed by atoms with Crippen LogP contribution in [0.5, 0.6) is 5.75 Å². The third kappa shape index (κ3) is 3.47. The van der Waals surface area contributed by atoms with E-state index in [4.69, 9.17) is 4.74 Å². The molecule has 0 bridgehead atoms. The molecule has 1 aromatic heterocycles. The Hall–Kier alpha value is -2.30. The number of ether oxygens (including phenoxy) is 1. The molecule has 1 saturated heterocycles. The standard InChI is InChI=1S/C17H22N4O/c1-13-6-8-21(9-7-13)17-11-16(18-12-19-17)20-14-4-3-5-15(10-14)22-2/h3-5,10-13H,6-9H2,1-2H3,(H,18,19,20). The van der Waals surface area contributed by atoms with Crippen molar-refractivity contribution in [2.24, 2.45) is 5.92 Å². The molecule has 1 fully saturated rings. The Morgan fingerprint density at radius 3 is 2.77 bits per heavy atom. The number of piperidine rings is 1. The second kappa shape index (κ2) is 6.64. The first kappa shape index (κ1) is 14.6. The number of hydrogen-bond acceptors (Lipinski definition) is 5. The van der Waals surface area contributed by atoms with Crippen LogP contribution in [0.1, 0.15) is 19.8 Å². The third-order valence-electron chi connectivity index (χ3n) is 4.10. The quantitative estimate of drug-likeness (QED) is 0.936. The fourth-order valence-corrected chi connectivity index (χ4v) is 2.67. The minimum absolute atomic E-state index is 0.803. The van der Waals surface area contributed by atoms with E-state index in [1.54, 1.807) is 13.4 Å². The van der Waals surface area contributed by atoms with E-state index < -0.39 is 0 Å². The summed E-state index contributed by atoms with van der Waals surface area (Å²) in [5.41, 5.74) is 0.955. The van der Waals surface area contributed by atoms with E-state index in [2.05, 4.69) is 27.1 Å². The normalized spacial score (nSPS) is 15.6. The van der Waals surface area contributed by atoms with E-state index in [9.17, 15) is 0 Å². The van der Waals surface area contributed by atoms with Gasteiger partial charge in [0.25, 0.3) is 0 Å². The molecule has 2 aromatic rings. The van der Waals surface area contributed by atoms with Gasteiger partial charge in [0.05, 0.1) is 7.11 Å². The number of nitrogens with one attached hydrogen (secondary N) is 1. The van der Waals surface area contributed by atoms with Gasteiger partial charge in [-0.3, -0.25) is 0 Å². The van der Waals surface area contributed by atoms with Gasteiger partial charge in [0.1, 0.15) is 23.7 Å². The lowest BCUT2D eigenvalue weighted by molar-refractivity contribution is 0.415. The number of aromatic nitrogens is 2. The summed E-state index contributed by atoms with van der Waals surface area (Å²) in [7, 11) is 1.67. The van der Waals surface area contributed by atoms with Gasteiger partial charge in [-0.25, -0.2) is 9.97 Å². The van der Waals surface area contributed by atoms with Gasteiger partial charge < -0.3 is 15.0 Å². The van der Waals surface area contributed by atoms with Crippen LogP contribution in [0.25, 0.3) is 0 Å². The van der Waals surface area contributed by atoms with Crippen molar-refractivity contribution >= 4 is 17.3 Å².